The number of hydrogen-bond donors (Lipinski definition) is 2. The fourth-order valence-corrected chi connectivity index (χ4v) is 2.44. The summed E-state index contributed by atoms with van der Waals surface area (Å²) in [6, 6.07) is 3.57. The van der Waals surface area contributed by atoms with Crippen molar-refractivity contribution in [1.82, 2.24) is 0 Å². The number of hydrogen-bond acceptors (Lipinski definition) is 5. The topological polar surface area (TPSA) is 99.4 Å². The minimum absolute atomic E-state index is 0.322. The van der Waals surface area contributed by atoms with Crippen LogP contribution in [0.5, 0.6) is 0 Å². The number of nitrogens with zero attached hydrogens (tertiary/aromatic N) is 1. The summed E-state index contributed by atoms with van der Waals surface area (Å²) in [5.41, 5.74) is 0.390. The van der Waals surface area contributed by atoms with Gasteiger partial charge in [0.1, 0.15) is 17.2 Å². The van der Waals surface area contributed by atoms with Gasteiger partial charge in [0.15, 0.2) is 6.10 Å². The standard InChI is InChI=1S/C11H10N2O4S/c12-5-6-3-4-18-10(6)13-9(14)7-1-2-8(17-7)11(15)16/h3-4,7-8H,1-2H2,(H,13,14)(H,15,16)/t7-,8+/m0/s1. The maximum atomic E-state index is 11.8. The monoisotopic (exact) mass is 266 g/mol. The number of ether oxygens (including phenoxy) is 1. The van der Waals surface area contributed by atoms with Crippen molar-refractivity contribution in [3.63, 3.8) is 0 Å². The average Bonchev–Trinajstić information content (AvgIpc) is 2.96. The summed E-state index contributed by atoms with van der Waals surface area (Å²) in [4.78, 5) is 22.5. The number of anilines is 1. The fraction of sp³-hybridized carbons (Fsp3) is 0.364. The van der Waals surface area contributed by atoms with Crippen molar-refractivity contribution in [2.24, 2.45) is 0 Å². The van der Waals surface area contributed by atoms with Gasteiger partial charge >= 0.3 is 5.97 Å². The van der Waals surface area contributed by atoms with Crippen molar-refractivity contribution >= 4 is 28.2 Å². The fourth-order valence-electron chi connectivity index (χ4n) is 1.70. The Kier molecular flexibility index (Phi) is 3.60. The van der Waals surface area contributed by atoms with Gasteiger partial charge in [0.05, 0.1) is 5.56 Å². The Morgan fingerprint density at radius 3 is 2.83 bits per heavy atom. The van der Waals surface area contributed by atoms with E-state index in [2.05, 4.69) is 5.32 Å². The molecule has 0 saturated carbocycles. The molecule has 1 aliphatic heterocycles. The first-order valence-corrected chi connectivity index (χ1v) is 6.16. The molecule has 0 spiro atoms. The number of nitriles is 1. The lowest BCUT2D eigenvalue weighted by atomic mass is 10.2. The van der Waals surface area contributed by atoms with Crippen LogP contribution in [0.3, 0.4) is 0 Å². The molecule has 1 fully saturated rings. The lowest BCUT2D eigenvalue weighted by Crippen LogP contribution is -2.29. The van der Waals surface area contributed by atoms with E-state index in [1.165, 1.54) is 11.3 Å². The smallest absolute Gasteiger partial charge is 0.332 e. The summed E-state index contributed by atoms with van der Waals surface area (Å²) in [6.07, 6.45) is -0.988. The van der Waals surface area contributed by atoms with E-state index in [1.807, 2.05) is 6.07 Å². The quantitative estimate of drug-likeness (QED) is 0.856. The second kappa shape index (κ2) is 5.16. The molecule has 7 heteroatoms. The number of amides is 1. The third-order valence-electron chi connectivity index (χ3n) is 2.61. The third kappa shape index (κ3) is 2.50. The van der Waals surface area contributed by atoms with Crippen LogP contribution in [0.4, 0.5) is 5.00 Å². The molecule has 1 aromatic heterocycles. The predicted molar refractivity (Wildman–Crippen MR) is 63.2 cm³/mol. The summed E-state index contributed by atoms with van der Waals surface area (Å²) in [5.74, 6) is -1.46. The van der Waals surface area contributed by atoms with E-state index < -0.39 is 24.1 Å². The maximum Gasteiger partial charge on any atom is 0.332 e. The molecule has 0 aromatic carbocycles. The van der Waals surface area contributed by atoms with Gasteiger partial charge in [-0.05, 0) is 24.3 Å². The van der Waals surface area contributed by atoms with Gasteiger partial charge in [-0.15, -0.1) is 11.3 Å². The van der Waals surface area contributed by atoms with Crippen LogP contribution in [0.1, 0.15) is 18.4 Å². The molecule has 2 atom stereocenters. The molecule has 1 saturated heterocycles. The molecule has 1 aliphatic rings. The maximum absolute atomic E-state index is 11.8. The highest BCUT2D eigenvalue weighted by atomic mass is 32.1. The van der Waals surface area contributed by atoms with Crippen LogP contribution in [0, 0.1) is 11.3 Å². The van der Waals surface area contributed by atoms with Crippen LogP contribution in [0.15, 0.2) is 11.4 Å². The lowest BCUT2D eigenvalue weighted by molar-refractivity contribution is -0.150. The molecule has 0 radical (unpaired) electrons. The second-order valence-electron chi connectivity index (χ2n) is 3.79. The van der Waals surface area contributed by atoms with Gasteiger partial charge in [0.2, 0.25) is 0 Å². The molecule has 2 rings (SSSR count). The summed E-state index contributed by atoms with van der Waals surface area (Å²) in [7, 11) is 0. The van der Waals surface area contributed by atoms with Crippen molar-refractivity contribution in [1.29, 1.82) is 5.26 Å². The Hall–Kier alpha value is -1.91. The highest BCUT2D eigenvalue weighted by Crippen LogP contribution is 2.25. The van der Waals surface area contributed by atoms with E-state index in [1.54, 1.807) is 11.4 Å². The molecule has 2 heterocycles. The van der Waals surface area contributed by atoms with E-state index in [-0.39, 0.29) is 0 Å². The van der Waals surface area contributed by atoms with Gasteiger partial charge in [-0.2, -0.15) is 5.26 Å². The number of thiophene rings is 1. The van der Waals surface area contributed by atoms with E-state index in [0.717, 1.165) is 0 Å². The zero-order chi connectivity index (χ0) is 13.1. The van der Waals surface area contributed by atoms with Crippen LogP contribution in [0.2, 0.25) is 0 Å². The zero-order valence-corrected chi connectivity index (χ0v) is 10.1. The molecule has 6 nitrogen and oxygen atoms in total. The van der Waals surface area contributed by atoms with Crippen LogP contribution in [0.25, 0.3) is 0 Å². The highest BCUT2D eigenvalue weighted by molar-refractivity contribution is 7.14. The Morgan fingerprint density at radius 2 is 2.22 bits per heavy atom. The number of nitrogens with one attached hydrogen (secondary N) is 1. The number of aliphatic carboxylic acids is 1. The number of carboxylic acid groups (broad SMARTS) is 1. The summed E-state index contributed by atoms with van der Waals surface area (Å²) < 4.78 is 5.12. The molecule has 2 N–H and O–H groups in total. The Bertz CT molecular complexity index is 519. The third-order valence-corrected chi connectivity index (χ3v) is 3.44. The van der Waals surface area contributed by atoms with Crippen molar-refractivity contribution in [3.05, 3.63) is 17.0 Å². The van der Waals surface area contributed by atoms with Gasteiger partial charge in [-0.25, -0.2) is 4.79 Å². The first-order valence-electron chi connectivity index (χ1n) is 5.28. The SMILES string of the molecule is N#Cc1ccsc1NC(=O)[C@@H]1CC[C@H](C(=O)O)O1. The molecule has 0 unspecified atom stereocenters. The Morgan fingerprint density at radius 1 is 1.50 bits per heavy atom. The van der Waals surface area contributed by atoms with Crippen molar-refractivity contribution in [2.75, 3.05) is 5.32 Å². The van der Waals surface area contributed by atoms with Gasteiger partial charge < -0.3 is 15.2 Å². The van der Waals surface area contributed by atoms with Gasteiger partial charge in [-0.1, -0.05) is 0 Å². The van der Waals surface area contributed by atoms with E-state index in [4.69, 9.17) is 15.1 Å². The van der Waals surface area contributed by atoms with E-state index >= 15 is 0 Å². The number of carboxylic acids is 1. The molecule has 0 bridgehead atoms. The average molecular weight is 266 g/mol. The Labute approximate surface area is 107 Å². The molecule has 1 amide bonds. The van der Waals surface area contributed by atoms with Crippen LogP contribution >= 0.6 is 11.3 Å². The van der Waals surface area contributed by atoms with E-state index in [9.17, 15) is 9.59 Å². The van der Waals surface area contributed by atoms with Gasteiger partial charge in [0, 0.05) is 0 Å². The summed E-state index contributed by atoms with van der Waals surface area (Å²) in [5, 5.41) is 22.3. The number of rotatable bonds is 3. The zero-order valence-electron chi connectivity index (χ0n) is 9.25. The highest BCUT2D eigenvalue weighted by Gasteiger charge is 2.34. The van der Waals surface area contributed by atoms with Crippen molar-refractivity contribution < 1.29 is 19.4 Å². The second-order valence-corrected chi connectivity index (χ2v) is 4.71. The number of carbonyl (C=O) groups excluding carboxylic acids is 1. The number of carbonyl (C=O) groups is 2. The molecule has 94 valence electrons. The summed E-state index contributed by atoms with van der Waals surface area (Å²) in [6.45, 7) is 0. The predicted octanol–water partition coefficient (Wildman–Crippen LogP) is 1.19. The minimum Gasteiger partial charge on any atom is -0.479 e. The van der Waals surface area contributed by atoms with Crippen LogP contribution in [-0.4, -0.2) is 29.2 Å². The van der Waals surface area contributed by atoms with Crippen molar-refractivity contribution in [2.45, 2.75) is 25.0 Å². The molecule has 1 aromatic rings. The minimum atomic E-state index is -1.06. The molecular weight excluding hydrogens is 256 g/mol. The van der Waals surface area contributed by atoms with E-state index in [0.29, 0.717) is 23.4 Å². The Balaban J connectivity index is 1.98. The first kappa shape index (κ1) is 12.5. The largest absolute Gasteiger partial charge is 0.479 e. The molecule has 18 heavy (non-hydrogen) atoms. The molecule has 0 aliphatic carbocycles. The van der Waals surface area contributed by atoms with Gasteiger partial charge in [0.25, 0.3) is 5.91 Å². The first-order chi connectivity index (χ1) is 8.61. The normalized spacial score (nSPS) is 22.4. The van der Waals surface area contributed by atoms with Crippen molar-refractivity contribution in [3.8, 4) is 6.07 Å². The molecular formula is C11H10N2O4S. The summed E-state index contributed by atoms with van der Waals surface area (Å²) >= 11 is 1.24. The van der Waals surface area contributed by atoms with Crippen LogP contribution < -0.4 is 5.32 Å². The van der Waals surface area contributed by atoms with Crippen LogP contribution in [-0.2, 0) is 14.3 Å². The lowest BCUT2D eigenvalue weighted by Gasteiger charge is -2.10. The van der Waals surface area contributed by atoms with Gasteiger partial charge in [-0.3, -0.25) is 4.79 Å².